The van der Waals surface area contributed by atoms with E-state index in [2.05, 4.69) is 20.3 Å². The van der Waals surface area contributed by atoms with Gasteiger partial charge in [-0.15, -0.1) is 11.3 Å². The highest BCUT2D eigenvalue weighted by molar-refractivity contribution is 7.19. The number of pyridine rings is 1. The van der Waals surface area contributed by atoms with Gasteiger partial charge in [0.1, 0.15) is 22.8 Å². The van der Waals surface area contributed by atoms with Gasteiger partial charge in [0.25, 0.3) is 0 Å². The Morgan fingerprint density at radius 1 is 1.27 bits per heavy atom. The molecule has 26 heavy (non-hydrogen) atoms. The van der Waals surface area contributed by atoms with Crippen LogP contribution in [0.5, 0.6) is 0 Å². The molecule has 4 rings (SSSR count). The van der Waals surface area contributed by atoms with Crippen molar-refractivity contribution < 1.29 is 4.79 Å². The maximum atomic E-state index is 12.4. The average Bonchev–Trinajstić information content (AvgIpc) is 3.00. The first-order valence-electron chi connectivity index (χ1n) is 8.80. The second-order valence-electron chi connectivity index (χ2n) is 6.71. The lowest BCUT2D eigenvalue weighted by Crippen LogP contribution is -2.31. The first-order chi connectivity index (χ1) is 12.6. The van der Waals surface area contributed by atoms with E-state index < -0.39 is 0 Å². The maximum Gasteiger partial charge on any atom is 0.245 e. The second-order valence-corrected chi connectivity index (χ2v) is 7.79. The zero-order valence-electron chi connectivity index (χ0n) is 15.0. The standard InChI is InChI=1S/C19H21N5OS/c1-12-7-8-20-15(9-12)23-16(25)10-24(2)18-17-13-5-3-4-6-14(13)26-19(17)22-11-21-18/h7-9,11H,3-6,10H2,1-2H3,(H,20,23,25). The van der Waals surface area contributed by atoms with Gasteiger partial charge in [0.2, 0.25) is 5.91 Å². The van der Waals surface area contributed by atoms with Crippen LogP contribution in [0.3, 0.4) is 0 Å². The summed E-state index contributed by atoms with van der Waals surface area (Å²) < 4.78 is 0. The number of rotatable bonds is 4. The van der Waals surface area contributed by atoms with Gasteiger partial charge in [-0.05, 0) is 55.9 Å². The van der Waals surface area contributed by atoms with Crippen molar-refractivity contribution in [3.63, 3.8) is 0 Å². The van der Waals surface area contributed by atoms with Crippen LogP contribution in [0.15, 0.2) is 24.7 Å². The highest BCUT2D eigenvalue weighted by atomic mass is 32.1. The summed E-state index contributed by atoms with van der Waals surface area (Å²) in [5.74, 6) is 1.30. The number of likely N-dealkylation sites (N-methyl/N-ethyl adjacent to an activating group) is 1. The molecule has 3 heterocycles. The molecule has 3 aromatic heterocycles. The number of fused-ring (bicyclic) bond motifs is 3. The molecule has 0 saturated heterocycles. The summed E-state index contributed by atoms with van der Waals surface area (Å²) >= 11 is 1.77. The quantitative estimate of drug-likeness (QED) is 0.766. The molecule has 0 radical (unpaired) electrons. The van der Waals surface area contributed by atoms with Crippen molar-refractivity contribution in [3.8, 4) is 0 Å². The highest BCUT2D eigenvalue weighted by Crippen LogP contribution is 2.38. The van der Waals surface area contributed by atoms with Gasteiger partial charge in [-0.25, -0.2) is 15.0 Å². The lowest BCUT2D eigenvalue weighted by Gasteiger charge is -2.19. The van der Waals surface area contributed by atoms with Gasteiger partial charge in [0.05, 0.1) is 11.9 Å². The number of nitrogens with zero attached hydrogens (tertiary/aromatic N) is 4. The first kappa shape index (κ1) is 16.9. The summed E-state index contributed by atoms with van der Waals surface area (Å²) in [5.41, 5.74) is 2.44. The minimum absolute atomic E-state index is 0.110. The van der Waals surface area contributed by atoms with E-state index in [4.69, 9.17) is 0 Å². The van der Waals surface area contributed by atoms with Crippen molar-refractivity contribution >= 4 is 39.1 Å². The smallest absolute Gasteiger partial charge is 0.245 e. The van der Waals surface area contributed by atoms with Gasteiger partial charge in [-0.2, -0.15) is 0 Å². The van der Waals surface area contributed by atoms with Crippen LogP contribution in [0.25, 0.3) is 10.2 Å². The number of amides is 1. The van der Waals surface area contributed by atoms with E-state index in [9.17, 15) is 4.79 Å². The fourth-order valence-electron chi connectivity index (χ4n) is 3.44. The highest BCUT2D eigenvalue weighted by Gasteiger charge is 2.22. The summed E-state index contributed by atoms with van der Waals surface area (Å²) in [5, 5.41) is 3.98. The van der Waals surface area contributed by atoms with E-state index in [0.29, 0.717) is 5.82 Å². The van der Waals surface area contributed by atoms with E-state index in [0.717, 1.165) is 34.4 Å². The molecule has 0 atom stereocenters. The predicted octanol–water partition coefficient (Wildman–Crippen LogP) is 3.35. The molecule has 1 aliphatic rings. The molecule has 0 fully saturated rings. The maximum absolute atomic E-state index is 12.4. The molecule has 0 spiro atoms. The third kappa shape index (κ3) is 3.26. The third-order valence-electron chi connectivity index (χ3n) is 4.66. The molecule has 0 bridgehead atoms. The van der Waals surface area contributed by atoms with E-state index in [1.807, 2.05) is 31.0 Å². The Bertz CT molecular complexity index is 968. The van der Waals surface area contributed by atoms with E-state index in [1.165, 1.54) is 23.3 Å². The molecule has 1 amide bonds. The molecule has 7 heteroatoms. The predicted molar refractivity (Wildman–Crippen MR) is 105 cm³/mol. The van der Waals surface area contributed by atoms with E-state index >= 15 is 0 Å². The molecule has 0 unspecified atom stereocenters. The molecule has 6 nitrogen and oxygen atoms in total. The third-order valence-corrected chi connectivity index (χ3v) is 5.86. The number of aryl methyl sites for hydroxylation is 3. The molecule has 3 aromatic rings. The van der Waals surface area contributed by atoms with Crippen LogP contribution in [0, 0.1) is 6.92 Å². The number of thiophene rings is 1. The fourth-order valence-corrected chi connectivity index (χ4v) is 4.66. The number of hydrogen-bond acceptors (Lipinski definition) is 6. The lowest BCUT2D eigenvalue weighted by atomic mass is 9.97. The molecular weight excluding hydrogens is 346 g/mol. The first-order valence-corrected chi connectivity index (χ1v) is 9.62. The normalized spacial score (nSPS) is 13.5. The van der Waals surface area contributed by atoms with Gasteiger partial charge >= 0.3 is 0 Å². The zero-order chi connectivity index (χ0) is 18.1. The molecule has 1 N–H and O–H groups in total. The zero-order valence-corrected chi connectivity index (χ0v) is 15.8. The Hall–Kier alpha value is -2.54. The molecule has 0 aliphatic heterocycles. The Kier molecular flexibility index (Phi) is 4.55. The van der Waals surface area contributed by atoms with Gasteiger partial charge < -0.3 is 10.2 Å². The van der Waals surface area contributed by atoms with Crippen molar-refractivity contribution in [2.24, 2.45) is 0 Å². The number of aromatic nitrogens is 3. The van der Waals surface area contributed by atoms with Crippen LogP contribution in [0.2, 0.25) is 0 Å². The Balaban J connectivity index is 1.57. The molecule has 1 aliphatic carbocycles. The Labute approximate surface area is 156 Å². The minimum atomic E-state index is -0.110. The summed E-state index contributed by atoms with van der Waals surface area (Å²) in [6.45, 7) is 2.19. The second kappa shape index (κ2) is 6.99. The van der Waals surface area contributed by atoms with E-state index in [1.54, 1.807) is 23.9 Å². The van der Waals surface area contributed by atoms with Crippen molar-refractivity contribution in [2.45, 2.75) is 32.6 Å². The largest absolute Gasteiger partial charge is 0.350 e. The van der Waals surface area contributed by atoms with Crippen molar-refractivity contribution in [1.82, 2.24) is 15.0 Å². The van der Waals surface area contributed by atoms with Crippen LogP contribution in [0.1, 0.15) is 28.8 Å². The number of anilines is 2. The van der Waals surface area contributed by atoms with Crippen molar-refractivity contribution in [2.75, 3.05) is 23.8 Å². The number of carbonyl (C=O) groups is 1. The average molecular weight is 367 g/mol. The molecule has 0 saturated carbocycles. The van der Waals surface area contributed by atoms with Crippen LogP contribution in [-0.2, 0) is 17.6 Å². The van der Waals surface area contributed by atoms with Gasteiger partial charge in [0, 0.05) is 18.1 Å². The van der Waals surface area contributed by atoms with Gasteiger partial charge in [-0.3, -0.25) is 4.79 Å². The number of nitrogens with one attached hydrogen (secondary N) is 1. The summed E-state index contributed by atoms with van der Waals surface area (Å²) in [7, 11) is 1.90. The van der Waals surface area contributed by atoms with Crippen LogP contribution in [0.4, 0.5) is 11.6 Å². The minimum Gasteiger partial charge on any atom is -0.350 e. The van der Waals surface area contributed by atoms with E-state index in [-0.39, 0.29) is 12.5 Å². The summed E-state index contributed by atoms with van der Waals surface area (Å²) in [6, 6.07) is 3.76. The fraction of sp³-hybridized carbons (Fsp3) is 0.368. The number of carbonyl (C=O) groups excluding carboxylic acids is 1. The van der Waals surface area contributed by atoms with Crippen LogP contribution < -0.4 is 10.2 Å². The topological polar surface area (TPSA) is 71.0 Å². The monoisotopic (exact) mass is 367 g/mol. The molecule has 134 valence electrons. The van der Waals surface area contributed by atoms with Crippen molar-refractivity contribution in [1.29, 1.82) is 0 Å². The van der Waals surface area contributed by atoms with Crippen molar-refractivity contribution in [3.05, 3.63) is 40.7 Å². The Morgan fingerprint density at radius 3 is 2.96 bits per heavy atom. The van der Waals surface area contributed by atoms with Crippen LogP contribution in [-0.4, -0.2) is 34.5 Å². The number of hydrogen-bond donors (Lipinski definition) is 1. The van der Waals surface area contributed by atoms with Gasteiger partial charge in [-0.1, -0.05) is 0 Å². The van der Waals surface area contributed by atoms with Gasteiger partial charge in [0.15, 0.2) is 0 Å². The summed E-state index contributed by atoms with van der Waals surface area (Å²) in [4.78, 5) is 29.9. The summed E-state index contributed by atoms with van der Waals surface area (Å²) in [6.07, 6.45) is 7.93. The lowest BCUT2D eigenvalue weighted by molar-refractivity contribution is -0.114. The SMILES string of the molecule is Cc1ccnc(NC(=O)CN(C)c2ncnc3sc4c(c23)CCCC4)c1. The molecular formula is C19H21N5OS. The van der Waals surface area contributed by atoms with Crippen LogP contribution >= 0.6 is 11.3 Å². The molecule has 0 aromatic carbocycles. The Morgan fingerprint density at radius 2 is 2.12 bits per heavy atom.